The Balaban J connectivity index is 1.97. The minimum absolute atomic E-state index is 0.0640. The number of primary sulfonamides is 1. The van der Waals surface area contributed by atoms with Crippen molar-refractivity contribution in [3.63, 3.8) is 0 Å². The van der Waals surface area contributed by atoms with Crippen molar-refractivity contribution in [2.75, 3.05) is 26.0 Å². The molecule has 144 valence electrons. The van der Waals surface area contributed by atoms with Crippen LogP contribution in [0.3, 0.4) is 0 Å². The number of rotatable bonds is 7. The molecule has 7 nitrogen and oxygen atoms in total. The van der Waals surface area contributed by atoms with Crippen molar-refractivity contribution in [2.24, 2.45) is 11.1 Å². The number of ether oxygens (including phenoxy) is 1. The van der Waals surface area contributed by atoms with E-state index >= 15 is 0 Å². The number of nitrogens with two attached hydrogens (primary N) is 1. The van der Waals surface area contributed by atoms with Crippen LogP contribution < -0.4 is 9.88 Å². The number of hydrogen-bond acceptors (Lipinski definition) is 5. The van der Waals surface area contributed by atoms with Gasteiger partial charge in [0.2, 0.25) is 15.9 Å². The number of benzene rings is 1. The van der Waals surface area contributed by atoms with Crippen LogP contribution >= 0.6 is 0 Å². The smallest absolute Gasteiger partial charge is 0.222 e. The zero-order chi connectivity index (χ0) is 19.3. The van der Waals surface area contributed by atoms with E-state index in [1.165, 1.54) is 19.2 Å². The number of likely N-dealkylation sites (tertiary alicyclic amines) is 1. The molecule has 1 heterocycles. The lowest BCUT2D eigenvalue weighted by molar-refractivity contribution is -0.132. The highest BCUT2D eigenvalue weighted by Gasteiger charge is 2.29. The Morgan fingerprint density at radius 2 is 2.12 bits per heavy atom. The van der Waals surface area contributed by atoms with Gasteiger partial charge in [-0.1, -0.05) is 0 Å². The minimum Gasteiger partial charge on any atom is -0.494 e. The van der Waals surface area contributed by atoms with Crippen LogP contribution in [0.2, 0.25) is 0 Å². The number of piperidine rings is 1. The number of methoxy groups -OCH3 is 1. The first-order valence-electron chi connectivity index (χ1n) is 8.37. The molecule has 1 aliphatic rings. The summed E-state index contributed by atoms with van der Waals surface area (Å²) < 4.78 is 40.5. The second-order valence-corrected chi connectivity index (χ2v) is 8.10. The topological polar surface area (TPSA) is 107 Å². The van der Waals surface area contributed by atoms with Crippen LogP contribution in [-0.4, -0.2) is 51.0 Å². The molecule has 1 aliphatic heterocycles. The van der Waals surface area contributed by atoms with Gasteiger partial charge in [0.15, 0.2) is 17.3 Å². The third-order valence-corrected chi connectivity index (χ3v) is 5.26. The molecule has 0 aromatic heterocycles. The van der Waals surface area contributed by atoms with E-state index in [4.69, 9.17) is 9.88 Å². The first-order valence-corrected chi connectivity index (χ1v) is 10.1. The average Bonchev–Trinajstić information content (AvgIpc) is 2.60. The maximum absolute atomic E-state index is 13.8. The highest BCUT2D eigenvalue weighted by atomic mass is 32.2. The molecule has 0 spiro atoms. The number of Topliss-reactive ketones (excluding diaryl/α,β-unsaturated/α-hetero) is 1. The van der Waals surface area contributed by atoms with E-state index in [-0.39, 0.29) is 48.1 Å². The lowest BCUT2D eigenvalue weighted by Crippen LogP contribution is -2.42. The molecular formula is C17H23FN2O5S. The predicted octanol–water partition coefficient (Wildman–Crippen LogP) is 1.32. The highest BCUT2D eigenvalue weighted by Crippen LogP contribution is 2.24. The summed E-state index contributed by atoms with van der Waals surface area (Å²) in [4.78, 5) is 26.4. The largest absolute Gasteiger partial charge is 0.494 e. The van der Waals surface area contributed by atoms with Gasteiger partial charge in [0.05, 0.1) is 12.9 Å². The van der Waals surface area contributed by atoms with Crippen molar-refractivity contribution in [3.05, 3.63) is 29.6 Å². The summed E-state index contributed by atoms with van der Waals surface area (Å²) in [5.74, 6) is -1.61. The summed E-state index contributed by atoms with van der Waals surface area (Å²) in [6.07, 6.45) is 1.49. The van der Waals surface area contributed by atoms with Gasteiger partial charge in [0.1, 0.15) is 0 Å². The monoisotopic (exact) mass is 386 g/mol. The molecule has 0 radical (unpaired) electrons. The average molecular weight is 386 g/mol. The molecule has 1 aromatic carbocycles. The van der Waals surface area contributed by atoms with Gasteiger partial charge in [-0.25, -0.2) is 17.9 Å². The zero-order valence-electron chi connectivity index (χ0n) is 14.6. The Hall–Kier alpha value is -2.00. The minimum atomic E-state index is -3.59. The Labute approximate surface area is 152 Å². The van der Waals surface area contributed by atoms with Crippen LogP contribution in [-0.2, 0) is 14.8 Å². The van der Waals surface area contributed by atoms with Gasteiger partial charge in [0.25, 0.3) is 0 Å². The third kappa shape index (κ3) is 5.50. The lowest BCUT2D eigenvalue weighted by Gasteiger charge is -2.32. The van der Waals surface area contributed by atoms with E-state index in [2.05, 4.69) is 0 Å². The summed E-state index contributed by atoms with van der Waals surface area (Å²) >= 11 is 0. The normalized spacial score (nSPS) is 17.8. The summed E-state index contributed by atoms with van der Waals surface area (Å²) in [6, 6.07) is 4.06. The van der Waals surface area contributed by atoms with Gasteiger partial charge in [-0.05, 0) is 37.5 Å². The van der Waals surface area contributed by atoms with E-state index in [1.54, 1.807) is 4.90 Å². The van der Waals surface area contributed by atoms with Crippen LogP contribution in [0.5, 0.6) is 5.75 Å². The fourth-order valence-electron chi connectivity index (χ4n) is 3.06. The molecule has 1 amide bonds. The fraction of sp³-hybridized carbons (Fsp3) is 0.529. The summed E-state index contributed by atoms with van der Waals surface area (Å²) in [5.41, 5.74) is 0.247. The van der Waals surface area contributed by atoms with Crippen LogP contribution in [0.1, 0.15) is 36.0 Å². The standard InChI is InChI=1S/C17H23FN2O5S/c1-25-15-7-6-12(10-14(15)18)17(22)13-4-2-8-20(11-13)16(21)5-3-9-26(19,23)24/h6-7,10,13H,2-5,8-9,11H2,1H3,(H2,19,23,24). The van der Waals surface area contributed by atoms with Crippen molar-refractivity contribution in [3.8, 4) is 5.75 Å². The van der Waals surface area contributed by atoms with Crippen molar-refractivity contribution in [1.82, 2.24) is 4.90 Å². The number of amides is 1. The van der Waals surface area contributed by atoms with Gasteiger partial charge >= 0.3 is 0 Å². The third-order valence-electron chi connectivity index (χ3n) is 4.40. The zero-order valence-corrected chi connectivity index (χ0v) is 15.4. The van der Waals surface area contributed by atoms with E-state index in [9.17, 15) is 22.4 Å². The van der Waals surface area contributed by atoms with Gasteiger partial charge < -0.3 is 9.64 Å². The quantitative estimate of drug-likeness (QED) is 0.712. The van der Waals surface area contributed by atoms with E-state index in [1.807, 2.05) is 0 Å². The number of sulfonamides is 1. The van der Waals surface area contributed by atoms with Crippen LogP contribution in [0, 0.1) is 11.7 Å². The van der Waals surface area contributed by atoms with E-state index < -0.39 is 21.8 Å². The van der Waals surface area contributed by atoms with Crippen molar-refractivity contribution < 1.29 is 27.1 Å². The SMILES string of the molecule is COc1ccc(C(=O)C2CCCN(C(=O)CCCS(N)(=O)=O)C2)cc1F. The molecule has 26 heavy (non-hydrogen) atoms. The molecule has 0 bridgehead atoms. The fourth-order valence-corrected chi connectivity index (χ4v) is 3.60. The molecule has 0 aliphatic carbocycles. The molecule has 0 saturated carbocycles. The second-order valence-electron chi connectivity index (χ2n) is 6.36. The van der Waals surface area contributed by atoms with Crippen molar-refractivity contribution >= 4 is 21.7 Å². The van der Waals surface area contributed by atoms with Gasteiger partial charge in [-0.2, -0.15) is 0 Å². The van der Waals surface area contributed by atoms with Gasteiger partial charge in [-0.3, -0.25) is 9.59 Å². The predicted molar refractivity (Wildman–Crippen MR) is 93.8 cm³/mol. The number of halogens is 1. The van der Waals surface area contributed by atoms with Crippen LogP contribution in [0.4, 0.5) is 4.39 Å². The van der Waals surface area contributed by atoms with Crippen molar-refractivity contribution in [1.29, 1.82) is 0 Å². The molecule has 1 aromatic rings. The van der Waals surface area contributed by atoms with E-state index in [0.29, 0.717) is 19.4 Å². The summed E-state index contributed by atoms with van der Waals surface area (Å²) in [7, 11) is -2.24. The van der Waals surface area contributed by atoms with E-state index in [0.717, 1.165) is 6.07 Å². The lowest BCUT2D eigenvalue weighted by atomic mass is 9.89. The first-order chi connectivity index (χ1) is 12.2. The van der Waals surface area contributed by atoms with Gasteiger partial charge in [0, 0.05) is 31.0 Å². The Bertz CT molecular complexity index is 781. The molecule has 9 heteroatoms. The van der Waals surface area contributed by atoms with Crippen LogP contribution in [0.15, 0.2) is 18.2 Å². The maximum Gasteiger partial charge on any atom is 0.222 e. The molecule has 1 saturated heterocycles. The molecule has 2 N–H and O–H groups in total. The van der Waals surface area contributed by atoms with Crippen molar-refractivity contribution in [2.45, 2.75) is 25.7 Å². The summed E-state index contributed by atoms with van der Waals surface area (Å²) in [5, 5.41) is 4.92. The molecule has 1 unspecified atom stereocenters. The molecule has 2 rings (SSSR count). The molecular weight excluding hydrogens is 363 g/mol. The first kappa shape index (κ1) is 20.3. The molecule has 1 fully saturated rings. The van der Waals surface area contributed by atoms with Gasteiger partial charge in [-0.15, -0.1) is 0 Å². The Kier molecular flexibility index (Phi) is 6.71. The Morgan fingerprint density at radius 1 is 1.38 bits per heavy atom. The summed E-state index contributed by atoms with van der Waals surface area (Å²) in [6.45, 7) is 0.773. The number of nitrogens with zero attached hydrogens (tertiary/aromatic N) is 1. The number of hydrogen-bond donors (Lipinski definition) is 1. The number of ketones is 1. The maximum atomic E-state index is 13.8. The number of carbonyl (C=O) groups is 2. The number of carbonyl (C=O) groups excluding carboxylic acids is 2. The highest BCUT2D eigenvalue weighted by molar-refractivity contribution is 7.89. The second kappa shape index (κ2) is 8.59. The molecule has 1 atom stereocenters. The van der Waals surface area contributed by atoms with Crippen LogP contribution in [0.25, 0.3) is 0 Å². The Morgan fingerprint density at radius 3 is 2.73 bits per heavy atom.